The molecule has 4 aromatic rings. The van der Waals surface area contributed by atoms with Crippen LogP contribution in [0.5, 0.6) is 5.75 Å². The Bertz CT molecular complexity index is 1450. The molecule has 0 unspecified atom stereocenters. The summed E-state index contributed by atoms with van der Waals surface area (Å²) in [6.45, 7) is 1.50. The van der Waals surface area contributed by atoms with Crippen LogP contribution < -0.4 is 15.4 Å². The Morgan fingerprint density at radius 2 is 1.77 bits per heavy atom. The van der Waals surface area contributed by atoms with Gasteiger partial charge in [0.25, 0.3) is 0 Å². The average Bonchev–Trinajstić information content (AvgIpc) is 3.53. The molecule has 0 atom stereocenters. The highest BCUT2D eigenvalue weighted by Gasteiger charge is 2.29. The Labute approximate surface area is 227 Å². The molecule has 3 fully saturated rings. The molecular formula is C31H34N4O4. The van der Waals surface area contributed by atoms with Crippen molar-refractivity contribution in [3.63, 3.8) is 0 Å². The fourth-order valence-electron chi connectivity index (χ4n) is 5.87. The third kappa shape index (κ3) is 4.78. The van der Waals surface area contributed by atoms with Crippen molar-refractivity contribution in [1.29, 1.82) is 0 Å². The minimum atomic E-state index is -0.142. The van der Waals surface area contributed by atoms with Gasteiger partial charge in [0, 0.05) is 47.6 Å². The molecule has 3 heterocycles. The van der Waals surface area contributed by atoms with E-state index in [1.807, 2.05) is 12.1 Å². The highest BCUT2D eigenvalue weighted by molar-refractivity contribution is 6.04. The van der Waals surface area contributed by atoms with Gasteiger partial charge in [-0.25, -0.2) is 9.78 Å². The van der Waals surface area contributed by atoms with Crippen molar-refractivity contribution in [1.82, 2.24) is 14.9 Å². The lowest BCUT2D eigenvalue weighted by atomic mass is 9.92. The van der Waals surface area contributed by atoms with Gasteiger partial charge in [-0.15, -0.1) is 0 Å². The van der Waals surface area contributed by atoms with Crippen LogP contribution in [0.15, 0.2) is 59.5 Å². The summed E-state index contributed by atoms with van der Waals surface area (Å²) in [5, 5.41) is 7.15. The highest BCUT2D eigenvalue weighted by atomic mass is 16.5. The number of amides is 2. The van der Waals surface area contributed by atoms with E-state index < -0.39 is 0 Å². The van der Waals surface area contributed by atoms with E-state index in [4.69, 9.17) is 13.9 Å². The molecule has 2 amide bonds. The molecule has 2 aromatic carbocycles. The molecule has 2 aliphatic carbocycles. The second-order valence-corrected chi connectivity index (χ2v) is 11.0. The number of carbonyl (C=O) groups excluding carboxylic acids is 1. The maximum atomic E-state index is 12.4. The Morgan fingerprint density at radius 1 is 0.974 bits per heavy atom. The fourth-order valence-corrected chi connectivity index (χ4v) is 5.87. The molecule has 3 aliphatic rings. The van der Waals surface area contributed by atoms with Crippen LogP contribution in [0.1, 0.15) is 57.4 Å². The molecule has 39 heavy (non-hydrogen) atoms. The van der Waals surface area contributed by atoms with Gasteiger partial charge in [-0.2, -0.15) is 0 Å². The average molecular weight is 527 g/mol. The lowest BCUT2D eigenvalue weighted by molar-refractivity contribution is 0.0256. The van der Waals surface area contributed by atoms with Crippen molar-refractivity contribution in [3.8, 4) is 28.3 Å². The Hall–Kier alpha value is -3.78. The molecule has 8 heteroatoms. The van der Waals surface area contributed by atoms with Crippen molar-refractivity contribution in [3.05, 3.63) is 55.1 Å². The van der Waals surface area contributed by atoms with E-state index in [1.165, 1.54) is 19.2 Å². The van der Waals surface area contributed by atoms with Crippen LogP contribution in [0.3, 0.4) is 0 Å². The summed E-state index contributed by atoms with van der Waals surface area (Å²) in [5.74, 6) is 0.891. The number of urea groups is 1. The van der Waals surface area contributed by atoms with Crippen LogP contribution in [0.4, 0.5) is 10.5 Å². The van der Waals surface area contributed by atoms with Gasteiger partial charge in [0.2, 0.25) is 0 Å². The topological polar surface area (TPSA) is 90.6 Å². The van der Waals surface area contributed by atoms with E-state index in [9.17, 15) is 4.79 Å². The van der Waals surface area contributed by atoms with Gasteiger partial charge >= 0.3 is 6.03 Å². The van der Waals surface area contributed by atoms with Crippen molar-refractivity contribution in [2.45, 2.75) is 69.6 Å². The molecule has 0 spiro atoms. The lowest BCUT2D eigenvalue weighted by Gasteiger charge is -2.30. The van der Waals surface area contributed by atoms with Gasteiger partial charge in [-0.3, -0.25) is 0 Å². The minimum absolute atomic E-state index is 0.142. The zero-order chi connectivity index (χ0) is 26.2. The van der Waals surface area contributed by atoms with Crippen molar-refractivity contribution in [2.24, 2.45) is 0 Å². The third-order valence-corrected chi connectivity index (χ3v) is 8.43. The number of aromatic nitrogens is 2. The number of nitrogens with zero attached hydrogens (tertiary/aromatic N) is 2. The smallest absolute Gasteiger partial charge is 0.319 e. The molecule has 2 aromatic heterocycles. The van der Waals surface area contributed by atoms with E-state index in [0.29, 0.717) is 12.1 Å². The van der Waals surface area contributed by atoms with Gasteiger partial charge in [0.05, 0.1) is 24.4 Å². The van der Waals surface area contributed by atoms with Crippen molar-refractivity contribution >= 4 is 22.6 Å². The zero-order valence-corrected chi connectivity index (χ0v) is 22.0. The second-order valence-electron chi connectivity index (χ2n) is 11.0. The molecule has 0 radical (unpaired) electrons. The molecule has 2 saturated carbocycles. The van der Waals surface area contributed by atoms with Crippen LogP contribution in [0, 0.1) is 0 Å². The summed E-state index contributed by atoms with van der Waals surface area (Å²) in [4.78, 5) is 17.0. The maximum Gasteiger partial charge on any atom is 0.319 e. The van der Waals surface area contributed by atoms with Gasteiger partial charge in [0.15, 0.2) is 6.39 Å². The standard InChI is InChI=1S/C31H34N4O4/c36-31(33-21-3-1-4-21)34-22-9-7-20(8-10-22)30-29(27-18-38-19-32-27)26-12-11-25(39-24-13-15-37-16-14-24)17-28(26)35(30)23-5-2-6-23/h7-12,17-19,21,23-24H,1-6,13-16H2,(H2,33,34,36). The SMILES string of the molecule is O=C(Nc1ccc(-c2c(-c3cocn3)c3ccc(OC4CCOCC4)cc3n2C2CCC2)cc1)NC1CCC1. The molecule has 1 aliphatic heterocycles. The maximum absolute atomic E-state index is 12.4. The van der Waals surface area contributed by atoms with Gasteiger partial charge in [0.1, 0.15) is 23.8 Å². The van der Waals surface area contributed by atoms with Gasteiger partial charge < -0.3 is 29.1 Å². The van der Waals surface area contributed by atoms with Gasteiger partial charge in [-0.1, -0.05) is 12.1 Å². The Kier molecular flexibility index (Phi) is 6.48. The number of hydrogen-bond acceptors (Lipinski definition) is 5. The first-order valence-corrected chi connectivity index (χ1v) is 14.2. The first kappa shape index (κ1) is 24.3. The Morgan fingerprint density at radius 3 is 2.44 bits per heavy atom. The Balaban J connectivity index is 1.28. The van der Waals surface area contributed by atoms with E-state index in [0.717, 1.165) is 96.6 Å². The monoisotopic (exact) mass is 526 g/mol. The molecule has 7 rings (SSSR count). The number of ether oxygens (including phenoxy) is 2. The molecule has 0 bridgehead atoms. The third-order valence-electron chi connectivity index (χ3n) is 8.43. The lowest BCUT2D eigenvalue weighted by Crippen LogP contribution is -2.41. The van der Waals surface area contributed by atoms with E-state index in [2.05, 4.69) is 50.5 Å². The van der Waals surface area contributed by atoms with Gasteiger partial charge in [-0.05, 0) is 68.4 Å². The summed E-state index contributed by atoms with van der Waals surface area (Å²) in [6, 6.07) is 15.1. The summed E-state index contributed by atoms with van der Waals surface area (Å²) in [5.41, 5.74) is 6.00. The van der Waals surface area contributed by atoms with E-state index >= 15 is 0 Å². The normalized spacial score (nSPS) is 18.5. The molecule has 1 saturated heterocycles. The van der Waals surface area contributed by atoms with E-state index in [1.54, 1.807) is 6.26 Å². The second kappa shape index (κ2) is 10.4. The summed E-state index contributed by atoms with van der Waals surface area (Å²) in [7, 11) is 0. The first-order valence-electron chi connectivity index (χ1n) is 14.2. The zero-order valence-electron chi connectivity index (χ0n) is 22.0. The van der Waals surface area contributed by atoms with Crippen LogP contribution in [-0.2, 0) is 4.74 Å². The predicted molar refractivity (Wildman–Crippen MR) is 150 cm³/mol. The predicted octanol–water partition coefficient (Wildman–Crippen LogP) is 6.92. The van der Waals surface area contributed by atoms with E-state index in [-0.39, 0.29) is 12.1 Å². The quantitative estimate of drug-likeness (QED) is 0.273. The summed E-state index contributed by atoms with van der Waals surface area (Å²) < 4.78 is 19.8. The number of fused-ring (bicyclic) bond motifs is 1. The molecular weight excluding hydrogens is 492 g/mol. The first-order chi connectivity index (χ1) is 19.2. The molecule has 2 N–H and O–H groups in total. The summed E-state index contributed by atoms with van der Waals surface area (Å²) in [6.07, 6.45) is 12.0. The number of nitrogens with one attached hydrogen (secondary N) is 2. The van der Waals surface area contributed by atoms with Crippen LogP contribution >= 0.6 is 0 Å². The number of benzene rings is 2. The van der Waals surface area contributed by atoms with Crippen LogP contribution in [-0.4, -0.2) is 40.9 Å². The molecule has 8 nitrogen and oxygen atoms in total. The number of rotatable bonds is 7. The summed E-state index contributed by atoms with van der Waals surface area (Å²) >= 11 is 0. The molecule has 202 valence electrons. The number of hydrogen-bond donors (Lipinski definition) is 2. The van der Waals surface area contributed by atoms with Crippen molar-refractivity contribution < 1.29 is 18.7 Å². The number of oxazole rings is 1. The highest BCUT2D eigenvalue weighted by Crippen LogP contribution is 2.47. The number of carbonyl (C=O) groups is 1. The number of anilines is 1. The largest absolute Gasteiger partial charge is 0.490 e. The van der Waals surface area contributed by atoms with Crippen molar-refractivity contribution in [2.75, 3.05) is 18.5 Å². The van der Waals surface area contributed by atoms with Crippen LogP contribution in [0.2, 0.25) is 0 Å². The van der Waals surface area contributed by atoms with Crippen LogP contribution in [0.25, 0.3) is 33.4 Å². The fraction of sp³-hybridized carbons (Fsp3) is 0.419. The minimum Gasteiger partial charge on any atom is -0.490 e.